The van der Waals surface area contributed by atoms with E-state index in [2.05, 4.69) is 43.6 Å². The highest BCUT2D eigenvalue weighted by Gasteiger charge is 2.09. The summed E-state index contributed by atoms with van der Waals surface area (Å²) in [6.45, 7) is 2.80. The minimum atomic E-state index is 0.194. The predicted molar refractivity (Wildman–Crippen MR) is 73.1 cm³/mol. The molecular weight excluding hydrogens is 270 g/mol. The molecule has 0 radical (unpaired) electrons. The fraction of sp³-hybridized carbons (Fsp3) is 0.182. The highest BCUT2D eigenvalue weighted by molar-refractivity contribution is 7.10. The zero-order valence-electron chi connectivity index (χ0n) is 9.57. The molecule has 0 bridgehead atoms. The number of thiophene rings is 1. The van der Waals surface area contributed by atoms with Crippen molar-refractivity contribution in [3.63, 3.8) is 0 Å². The first-order valence-corrected chi connectivity index (χ1v) is 6.63. The van der Waals surface area contributed by atoms with Crippen molar-refractivity contribution < 1.29 is 0 Å². The van der Waals surface area contributed by atoms with Crippen molar-refractivity contribution in [1.29, 1.82) is 0 Å². The Morgan fingerprint density at radius 1 is 1.44 bits per heavy atom. The number of nitrogens with one attached hydrogen (secondary N) is 2. The van der Waals surface area contributed by atoms with Crippen LogP contribution in [0.4, 0.5) is 5.82 Å². The molecule has 0 aliphatic carbocycles. The molecule has 3 rings (SSSR count). The maximum absolute atomic E-state index is 5.86. The molecule has 3 aromatic heterocycles. The Bertz CT molecular complexity index is 690. The minimum absolute atomic E-state index is 0.194. The molecule has 0 aliphatic heterocycles. The number of H-pyrrole nitrogens is 1. The van der Waals surface area contributed by atoms with Gasteiger partial charge in [-0.3, -0.25) is 0 Å². The summed E-state index contributed by atoms with van der Waals surface area (Å²) >= 11 is 7.57. The number of fused-ring (bicyclic) bond motifs is 1. The molecular formula is C11H10ClN5S. The Balaban J connectivity index is 1.90. The molecule has 5 nitrogen and oxygen atoms in total. The summed E-state index contributed by atoms with van der Waals surface area (Å²) in [6.07, 6.45) is 1.58. The highest BCUT2D eigenvalue weighted by Crippen LogP contribution is 2.21. The van der Waals surface area contributed by atoms with Crippen LogP contribution in [0.3, 0.4) is 0 Å². The van der Waals surface area contributed by atoms with Gasteiger partial charge in [0.2, 0.25) is 5.28 Å². The van der Waals surface area contributed by atoms with E-state index in [1.54, 1.807) is 17.7 Å². The molecule has 0 aliphatic rings. The third kappa shape index (κ3) is 2.04. The molecule has 3 aromatic rings. The van der Waals surface area contributed by atoms with Crippen LogP contribution in [0.2, 0.25) is 5.28 Å². The largest absolute Gasteiger partial charge is 0.363 e. The van der Waals surface area contributed by atoms with Crippen molar-refractivity contribution in [2.45, 2.75) is 13.5 Å². The van der Waals surface area contributed by atoms with E-state index in [1.165, 1.54) is 10.4 Å². The van der Waals surface area contributed by atoms with Gasteiger partial charge in [0.05, 0.1) is 12.9 Å². The Morgan fingerprint density at radius 3 is 3.11 bits per heavy atom. The second-order valence-corrected chi connectivity index (χ2v) is 5.16. The quantitative estimate of drug-likeness (QED) is 0.723. The van der Waals surface area contributed by atoms with E-state index in [9.17, 15) is 0 Å². The molecule has 0 spiro atoms. The van der Waals surface area contributed by atoms with Crippen LogP contribution in [0.15, 0.2) is 17.8 Å². The molecule has 18 heavy (non-hydrogen) atoms. The van der Waals surface area contributed by atoms with Crippen LogP contribution >= 0.6 is 22.9 Å². The Hall–Kier alpha value is -1.66. The second kappa shape index (κ2) is 4.55. The number of hydrogen-bond donors (Lipinski definition) is 2. The number of halogens is 1. The van der Waals surface area contributed by atoms with Crippen LogP contribution < -0.4 is 5.32 Å². The van der Waals surface area contributed by atoms with Gasteiger partial charge >= 0.3 is 0 Å². The first kappa shape index (κ1) is 11.4. The van der Waals surface area contributed by atoms with Crippen molar-refractivity contribution in [2.75, 3.05) is 5.32 Å². The van der Waals surface area contributed by atoms with Gasteiger partial charge in [-0.15, -0.1) is 11.3 Å². The lowest BCUT2D eigenvalue weighted by molar-refractivity contribution is 1.11. The summed E-state index contributed by atoms with van der Waals surface area (Å²) in [4.78, 5) is 16.6. The number of nitrogens with zero attached hydrogens (tertiary/aromatic N) is 3. The van der Waals surface area contributed by atoms with Gasteiger partial charge in [0, 0.05) is 4.88 Å². The van der Waals surface area contributed by atoms with Gasteiger partial charge in [-0.05, 0) is 35.5 Å². The SMILES string of the molecule is Cc1ccsc1CNc1nc(Cl)nc2nc[nH]c12. The van der Waals surface area contributed by atoms with Crippen LogP contribution in [0.5, 0.6) is 0 Å². The zero-order valence-corrected chi connectivity index (χ0v) is 11.1. The van der Waals surface area contributed by atoms with E-state index in [-0.39, 0.29) is 5.28 Å². The molecule has 92 valence electrons. The lowest BCUT2D eigenvalue weighted by Crippen LogP contribution is -2.02. The van der Waals surface area contributed by atoms with Crippen molar-refractivity contribution in [3.05, 3.63) is 33.5 Å². The maximum Gasteiger partial charge on any atom is 0.226 e. The summed E-state index contributed by atoms with van der Waals surface area (Å²) < 4.78 is 0. The maximum atomic E-state index is 5.86. The molecule has 7 heteroatoms. The molecule has 0 aromatic carbocycles. The Morgan fingerprint density at radius 2 is 2.33 bits per heavy atom. The number of hydrogen-bond acceptors (Lipinski definition) is 5. The molecule has 2 N–H and O–H groups in total. The van der Waals surface area contributed by atoms with Crippen molar-refractivity contribution in [3.8, 4) is 0 Å². The van der Waals surface area contributed by atoms with Gasteiger partial charge in [0.15, 0.2) is 11.5 Å². The van der Waals surface area contributed by atoms with Gasteiger partial charge in [-0.25, -0.2) is 4.98 Å². The lowest BCUT2D eigenvalue weighted by Gasteiger charge is -2.05. The summed E-state index contributed by atoms with van der Waals surface area (Å²) in [5.74, 6) is 0.676. The standard InChI is InChI=1S/C11H10ClN5S/c1-6-2-3-18-7(6)4-13-9-8-10(15-5-14-8)17-11(12)16-9/h2-3,5H,4H2,1H3,(H2,13,14,15,16,17). The highest BCUT2D eigenvalue weighted by atomic mass is 35.5. The van der Waals surface area contributed by atoms with Gasteiger partial charge in [0.25, 0.3) is 0 Å². The summed E-state index contributed by atoms with van der Waals surface area (Å²) in [5, 5.41) is 5.53. The van der Waals surface area contributed by atoms with E-state index < -0.39 is 0 Å². The molecule has 0 amide bonds. The fourth-order valence-electron chi connectivity index (χ4n) is 1.68. The van der Waals surface area contributed by atoms with Gasteiger partial charge in [-0.1, -0.05) is 0 Å². The molecule has 0 saturated carbocycles. The van der Waals surface area contributed by atoms with Crippen LogP contribution in [-0.4, -0.2) is 19.9 Å². The van der Waals surface area contributed by atoms with Crippen LogP contribution in [0.25, 0.3) is 11.2 Å². The first-order chi connectivity index (χ1) is 8.74. The van der Waals surface area contributed by atoms with Crippen molar-refractivity contribution in [1.82, 2.24) is 19.9 Å². The Labute approximate surface area is 112 Å². The number of anilines is 1. The van der Waals surface area contributed by atoms with Crippen LogP contribution in [0.1, 0.15) is 10.4 Å². The van der Waals surface area contributed by atoms with Crippen molar-refractivity contribution in [2.24, 2.45) is 0 Å². The number of imidazole rings is 1. The molecule has 0 fully saturated rings. The second-order valence-electron chi connectivity index (χ2n) is 3.82. The van der Waals surface area contributed by atoms with E-state index in [0.29, 0.717) is 18.0 Å². The third-order valence-electron chi connectivity index (χ3n) is 2.64. The smallest absolute Gasteiger partial charge is 0.226 e. The minimum Gasteiger partial charge on any atom is -0.363 e. The lowest BCUT2D eigenvalue weighted by atomic mass is 10.3. The average Bonchev–Trinajstić information content (AvgIpc) is 2.94. The van der Waals surface area contributed by atoms with Crippen LogP contribution in [0, 0.1) is 6.92 Å². The molecule has 3 heterocycles. The zero-order chi connectivity index (χ0) is 12.5. The first-order valence-electron chi connectivity index (χ1n) is 5.37. The van der Waals surface area contributed by atoms with E-state index in [1.807, 2.05) is 0 Å². The van der Waals surface area contributed by atoms with E-state index in [0.717, 1.165) is 5.52 Å². The third-order valence-corrected chi connectivity index (χ3v) is 3.83. The van der Waals surface area contributed by atoms with Crippen LogP contribution in [-0.2, 0) is 6.54 Å². The van der Waals surface area contributed by atoms with E-state index in [4.69, 9.17) is 11.6 Å². The molecule has 0 atom stereocenters. The van der Waals surface area contributed by atoms with Gasteiger partial charge < -0.3 is 10.3 Å². The number of aromatic nitrogens is 4. The number of rotatable bonds is 3. The van der Waals surface area contributed by atoms with Gasteiger partial charge in [0.1, 0.15) is 5.52 Å². The Kier molecular flexibility index (Phi) is 2.89. The normalized spacial score (nSPS) is 11.0. The summed E-state index contributed by atoms with van der Waals surface area (Å²) in [7, 11) is 0. The number of aromatic amines is 1. The summed E-state index contributed by atoms with van der Waals surface area (Å²) in [5.41, 5.74) is 2.61. The monoisotopic (exact) mass is 279 g/mol. The molecule has 0 unspecified atom stereocenters. The van der Waals surface area contributed by atoms with E-state index >= 15 is 0 Å². The summed E-state index contributed by atoms with van der Waals surface area (Å²) in [6, 6.07) is 2.10. The molecule has 0 saturated heterocycles. The number of aryl methyl sites for hydroxylation is 1. The fourth-order valence-corrected chi connectivity index (χ4v) is 2.69. The van der Waals surface area contributed by atoms with Gasteiger partial charge in [-0.2, -0.15) is 9.97 Å². The predicted octanol–water partition coefficient (Wildman–Crippen LogP) is 2.99. The van der Waals surface area contributed by atoms with Crippen molar-refractivity contribution >= 4 is 39.9 Å². The average molecular weight is 280 g/mol. The topological polar surface area (TPSA) is 66.5 Å².